The fourth-order valence-corrected chi connectivity index (χ4v) is 1.33. The van der Waals surface area contributed by atoms with Gasteiger partial charge in [-0.15, -0.1) is 0 Å². The summed E-state index contributed by atoms with van der Waals surface area (Å²) in [4.78, 5) is 5.26. The predicted molar refractivity (Wildman–Crippen MR) is 54.1 cm³/mol. The van der Waals surface area contributed by atoms with Gasteiger partial charge >= 0.3 is 6.18 Å². The molecule has 3 nitrogen and oxygen atoms in total. The minimum atomic E-state index is -4.17. The third-order valence-electron chi connectivity index (χ3n) is 2.19. The van der Waals surface area contributed by atoms with Gasteiger partial charge in [0, 0.05) is 37.2 Å². The Morgan fingerprint density at radius 3 is 2.69 bits per heavy atom. The number of aliphatic hydroxyl groups is 1. The number of aromatic nitrogens is 1. The quantitative estimate of drug-likeness (QED) is 0.865. The fourth-order valence-electron chi connectivity index (χ4n) is 1.33. The molecular weight excluding hydrogens is 221 g/mol. The highest BCUT2D eigenvalue weighted by molar-refractivity contribution is 5.51. The van der Waals surface area contributed by atoms with Crippen molar-refractivity contribution in [2.75, 3.05) is 18.5 Å². The van der Waals surface area contributed by atoms with Crippen molar-refractivity contribution in [2.24, 2.45) is 0 Å². The van der Waals surface area contributed by atoms with Gasteiger partial charge < -0.3 is 10.0 Å². The first-order valence-corrected chi connectivity index (χ1v) is 4.75. The molecule has 0 spiro atoms. The van der Waals surface area contributed by atoms with Crippen LogP contribution in [0.5, 0.6) is 0 Å². The molecule has 6 heteroatoms. The Balaban J connectivity index is 2.69. The highest BCUT2D eigenvalue weighted by Gasteiger charge is 2.27. The number of rotatable bonds is 4. The van der Waals surface area contributed by atoms with E-state index in [2.05, 4.69) is 4.98 Å². The monoisotopic (exact) mass is 234 g/mol. The number of hydrogen-bond donors (Lipinski definition) is 1. The van der Waals surface area contributed by atoms with Crippen LogP contribution in [0.3, 0.4) is 0 Å². The second-order valence-corrected chi connectivity index (χ2v) is 3.45. The van der Waals surface area contributed by atoms with Crippen LogP contribution in [0, 0.1) is 0 Å². The highest BCUT2D eigenvalue weighted by atomic mass is 19.4. The van der Waals surface area contributed by atoms with Crippen molar-refractivity contribution in [1.82, 2.24) is 4.98 Å². The van der Waals surface area contributed by atoms with Gasteiger partial charge in [0.2, 0.25) is 0 Å². The van der Waals surface area contributed by atoms with E-state index in [4.69, 9.17) is 5.11 Å². The molecule has 0 amide bonds. The second-order valence-electron chi connectivity index (χ2n) is 3.45. The van der Waals surface area contributed by atoms with Gasteiger partial charge in [-0.25, -0.2) is 0 Å². The van der Waals surface area contributed by atoms with Crippen molar-refractivity contribution in [3.8, 4) is 0 Å². The summed E-state index contributed by atoms with van der Waals surface area (Å²) >= 11 is 0. The van der Waals surface area contributed by atoms with Crippen molar-refractivity contribution < 1.29 is 18.3 Å². The van der Waals surface area contributed by atoms with Gasteiger partial charge in [0.1, 0.15) is 0 Å². The summed E-state index contributed by atoms with van der Waals surface area (Å²) in [5, 5.41) is 9.01. The van der Waals surface area contributed by atoms with E-state index in [-0.39, 0.29) is 13.2 Å². The van der Waals surface area contributed by atoms with Crippen LogP contribution in [0.4, 0.5) is 18.9 Å². The molecule has 16 heavy (non-hydrogen) atoms. The van der Waals surface area contributed by atoms with E-state index >= 15 is 0 Å². The van der Waals surface area contributed by atoms with Gasteiger partial charge in [0.05, 0.1) is 13.0 Å². The Kier molecular flexibility index (Phi) is 4.12. The van der Waals surface area contributed by atoms with Crippen LogP contribution in [-0.2, 0) is 6.61 Å². The molecule has 0 radical (unpaired) electrons. The van der Waals surface area contributed by atoms with E-state index in [1.807, 2.05) is 0 Å². The summed E-state index contributed by atoms with van der Waals surface area (Å²) in [6.45, 7) is -0.375. The first-order valence-electron chi connectivity index (χ1n) is 4.75. The molecule has 0 aliphatic heterocycles. The summed E-state index contributed by atoms with van der Waals surface area (Å²) in [7, 11) is 1.56. The lowest BCUT2D eigenvalue weighted by Crippen LogP contribution is -2.25. The second kappa shape index (κ2) is 5.16. The molecule has 0 aliphatic rings. The molecule has 0 saturated heterocycles. The van der Waals surface area contributed by atoms with Gasteiger partial charge in [-0.1, -0.05) is 0 Å². The molecule has 0 fully saturated rings. The number of pyridine rings is 1. The molecule has 0 aromatic carbocycles. The van der Waals surface area contributed by atoms with E-state index in [1.54, 1.807) is 13.1 Å². The molecule has 0 unspecified atom stereocenters. The fraction of sp³-hybridized carbons (Fsp3) is 0.500. The average molecular weight is 234 g/mol. The summed E-state index contributed by atoms with van der Waals surface area (Å²) in [5.41, 5.74) is 1.09. The lowest BCUT2D eigenvalue weighted by molar-refractivity contribution is -0.132. The maximum atomic E-state index is 12.0. The van der Waals surface area contributed by atoms with Gasteiger partial charge in [0.15, 0.2) is 0 Å². The third-order valence-corrected chi connectivity index (χ3v) is 2.19. The molecule has 1 aromatic heterocycles. The number of aliphatic hydroxyl groups excluding tert-OH is 1. The Hall–Kier alpha value is -1.30. The molecule has 1 rings (SSSR count). The Bertz CT molecular complexity index is 341. The lowest BCUT2D eigenvalue weighted by atomic mass is 10.2. The number of hydrogen-bond acceptors (Lipinski definition) is 3. The summed E-state index contributed by atoms with van der Waals surface area (Å²) in [6, 6.07) is 1.59. The number of alkyl halides is 3. The standard InChI is InChI=1S/C10H13F3N2O/c1-15(5-3-10(11,12)13)9-2-4-14-6-8(9)7-16/h2,4,6,16H,3,5,7H2,1H3. The van der Waals surface area contributed by atoms with Crippen molar-refractivity contribution in [2.45, 2.75) is 19.2 Å². The zero-order valence-electron chi connectivity index (χ0n) is 8.83. The number of anilines is 1. The molecule has 0 bridgehead atoms. The Morgan fingerprint density at radius 2 is 2.12 bits per heavy atom. The highest BCUT2D eigenvalue weighted by Crippen LogP contribution is 2.23. The van der Waals surface area contributed by atoms with E-state index in [9.17, 15) is 13.2 Å². The number of halogens is 3. The maximum absolute atomic E-state index is 12.0. The molecule has 1 heterocycles. The molecule has 0 aliphatic carbocycles. The van der Waals surface area contributed by atoms with Crippen molar-refractivity contribution in [1.29, 1.82) is 0 Å². The van der Waals surface area contributed by atoms with Crippen LogP contribution in [0.2, 0.25) is 0 Å². The summed E-state index contributed by atoms with van der Waals surface area (Å²) < 4.78 is 36.1. The van der Waals surface area contributed by atoms with Crippen molar-refractivity contribution >= 4 is 5.69 Å². The SMILES string of the molecule is CN(CCC(F)(F)F)c1ccncc1CO. The van der Waals surface area contributed by atoms with E-state index in [0.29, 0.717) is 11.3 Å². The minimum absolute atomic E-state index is 0.138. The van der Waals surface area contributed by atoms with Crippen molar-refractivity contribution in [3.05, 3.63) is 24.0 Å². The van der Waals surface area contributed by atoms with Gasteiger partial charge in [-0.05, 0) is 6.07 Å². The van der Waals surface area contributed by atoms with Gasteiger partial charge in [0.25, 0.3) is 0 Å². The zero-order valence-corrected chi connectivity index (χ0v) is 8.83. The largest absolute Gasteiger partial charge is 0.392 e. The van der Waals surface area contributed by atoms with Crippen LogP contribution < -0.4 is 4.90 Å². The summed E-state index contributed by atoms with van der Waals surface area (Å²) in [5.74, 6) is 0. The predicted octanol–water partition coefficient (Wildman–Crippen LogP) is 1.96. The molecule has 90 valence electrons. The third kappa shape index (κ3) is 3.69. The topological polar surface area (TPSA) is 36.4 Å². The minimum Gasteiger partial charge on any atom is -0.392 e. The average Bonchev–Trinajstić information content (AvgIpc) is 2.25. The van der Waals surface area contributed by atoms with E-state index in [1.165, 1.54) is 17.3 Å². The van der Waals surface area contributed by atoms with Gasteiger partial charge in [-0.2, -0.15) is 13.2 Å². The smallest absolute Gasteiger partial charge is 0.390 e. The van der Waals surface area contributed by atoms with Gasteiger partial charge in [-0.3, -0.25) is 4.98 Å². The molecule has 1 aromatic rings. The molecular formula is C10H13F3N2O. The van der Waals surface area contributed by atoms with Crippen molar-refractivity contribution in [3.63, 3.8) is 0 Å². The van der Waals surface area contributed by atoms with Crippen LogP contribution in [0.25, 0.3) is 0 Å². The van der Waals surface area contributed by atoms with Crippen LogP contribution in [0.1, 0.15) is 12.0 Å². The molecule has 1 N–H and O–H groups in total. The van der Waals surface area contributed by atoms with Crippen LogP contribution >= 0.6 is 0 Å². The Morgan fingerprint density at radius 1 is 1.44 bits per heavy atom. The van der Waals surface area contributed by atoms with E-state index < -0.39 is 12.6 Å². The first kappa shape index (κ1) is 12.8. The first-order chi connectivity index (χ1) is 7.44. The molecule has 0 atom stereocenters. The van der Waals surface area contributed by atoms with Crippen LogP contribution in [-0.4, -0.2) is 29.9 Å². The van der Waals surface area contributed by atoms with Crippen LogP contribution in [0.15, 0.2) is 18.5 Å². The summed E-state index contributed by atoms with van der Waals surface area (Å²) in [6.07, 6.45) is -2.12. The Labute approximate surface area is 91.5 Å². The normalized spacial score (nSPS) is 11.6. The maximum Gasteiger partial charge on any atom is 0.390 e. The molecule has 0 saturated carbocycles. The number of nitrogens with zero attached hydrogens (tertiary/aromatic N) is 2. The zero-order chi connectivity index (χ0) is 12.2. The lowest BCUT2D eigenvalue weighted by Gasteiger charge is -2.22. The van der Waals surface area contributed by atoms with E-state index in [0.717, 1.165) is 0 Å².